The van der Waals surface area contributed by atoms with Crippen LogP contribution < -0.4 is 10.6 Å². The van der Waals surface area contributed by atoms with E-state index in [4.69, 9.17) is 0 Å². The second-order valence-electron chi connectivity index (χ2n) is 5.52. The van der Waals surface area contributed by atoms with Crippen molar-refractivity contribution in [2.24, 2.45) is 0 Å². The number of nitro benzene ring substituents is 1. The highest BCUT2D eigenvalue weighted by atomic mass is 16.6. The maximum atomic E-state index is 12.3. The predicted molar refractivity (Wildman–Crippen MR) is 75.8 cm³/mol. The number of carbonyl (C=O) groups is 1. The fourth-order valence-corrected chi connectivity index (χ4v) is 2.46. The summed E-state index contributed by atoms with van der Waals surface area (Å²) in [5.74, 6) is -0.165. The van der Waals surface area contributed by atoms with Crippen molar-refractivity contribution in [2.45, 2.75) is 32.2 Å². The van der Waals surface area contributed by atoms with Crippen LogP contribution in [-0.4, -0.2) is 29.5 Å². The minimum atomic E-state index is -0.456. The lowest BCUT2D eigenvalue weighted by atomic mass is 9.90. The first-order valence-corrected chi connectivity index (χ1v) is 6.70. The topological polar surface area (TPSA) is 84.3 Å². The number of nitrogens with one attached hydrogen (secondary N) is 2. The summed E-state index contributed by atoms with van der Waals surface area (Å²) in [4.78, 5) is 22.6. The fourth-order valence-electron chi connectivity index (χ4n) is 2.46. The SMILES string of the molecule is Cc1cc([N+](=O)[O-])ccc1C(=O)NC1(C)CCNCC1. The number of carbonyl (C=O) groups excluding carboxylic acids is 1. The highest BCUT2D eigenvalue weighted by Crippen LogP contribution is 2.21. The van der Waals surface area contributed by atoms with Gasteiger partial charge in [-0.1, -0.05) is 0 Å². The molecule has 6 nitrogen and oxygen atoms in total. The Morgan fingerprint density at radius 3 is 2.60 bits per heavy atom. The van der Waals surface area contributed by atoms with Crippen LogP contribution in [0.3, 0.4) is 0 Å². The van der Waals surface area contributed by atoms with E-state index in [0.717, 1.165) is 25.9 Å². The molecular weight excluding hydrogens is 258 g/mol. The normalized spacial score (nSPS) is 17.5. The summed E-state index contributed by atoms with van der Waals surface area (Å²) in [6, 6.07) is 4.32. The van der Waals surface area contributed by atoms with Crippen molar-refractivity contribution in [3.63, 3.8) is 0 Å². The van der Waals surface area contributed by atoms with Crippen LogP contribution in [-0.2, 0) is 0 Å². The van der Waals surface area contributed by atoms with Gasteiger partial charge in [-0.15, -0.1) is 0 Å². The Balaban J connectivity index is 2.15. The second kappa shape index (κ2) is 5.58. The molecule has 2 N–H and O–H groups in total. The van der Waals surface area contributed by atoms with Gasteiger partial charge in [0.25, 0.3) is 11.6 Å². The number of nitrogens with zero attached hydrogens (tertiary/aromatic N) is 1. The smallest absolute Gasteiger partial charge is 0.269 e. The molecule has 0 saturated carbocycles. The van der Waals surface area contributed by atoms with Crippen molar-refractivity contribution in [1.82, 2.24) is 10.6 Å². The van der Waals surface area contributed by atoms with Crippen molar-refractivity contribution >= 4 is 11.6 Å². The molecule has 1 aromatic rings. The zero-order chi connectivity index (χ0) is 14.8. The molecule has 0 aliphatic carbocycles. The van der Waals surface area contributed by atoms with E-state index in [2.05, 4.69) is 10.6 Å². The van der Waals surface area contributed by atoms with Crippen LogP contribution in [0.5, 0.6) is 0 Å². The molecule has 0 aromatic heterocycles. The first-order valence-electron chi connectivity index (χ1n) is 6.70. The molecule has 0 spiro atoms. The molecule has 1 aliphatic rings. The van der Waals surface area contributed by atoms with E-state index in [1.165, 1.54) is 18.2 Å². The number of piperidine rings is 1. The monoisotopic (exact) mass is 277 g/mol. The highest BCUT2D eigenvalue weighted by Gasteiger charge is 2.29. The lowest BCUT2D eigenvalue weighted by Gasteiger charge is -2.35. The molecule has 1 heterocycles. The van der Waals surface area contributed by atoms with Gasteiger partial charge in [0.05, 0.1) is 4.92 Å². The maximum Gasteiger partial charge on any atom is 0.269 e. The number of nitro groups is 1. The minimum Gasteiger partial charge on any atom is -0.347 e. The van der Waals surface area contributed by atoms with Crippen molar-refractivity contribution < 1.29 is 9.72 Å². The Morgan fingerprint density at radius 1 is 1.40 bits per heavy atom. The van der Waals surface area contributed by atoms with Crippen LogP contribution >= 0.6 is 0 Å². The Kier molecular flexibility index (Phi) is 4.04. The predicted octanol–water partition coefficient (Wildman–Crippen LogP) is 1.78. The molecule has 1 aliphatic heterocycles. The molecule has 6 heteroatoms. The summed E-state index contributed by atoms with van der Waals surface area (Å²) in [5, 5.41) is 17.0. The van der Waals surface area contributed by atoms with Crippen molar-refractivity contribution in [2.75, 3.05) is 13.1 Å². The summed E-state index contributed by atoms with van der Waals surface area (Å²) < 4.78 is 0. The summed E-state index contributed by atoms with van der Waals surface area (Å²) in [6.45, 7) is 5.52. The Bertz CT molecular complexity index is 536. The van der Waals surface area contributed by atoms with Gasteiger partial charge in [-0.2, -0.15) is 0 Å². The van der Waals surface area contributed by atoms with E-state index in [9.17, 15) is 14.9 Å². The number of amides is 1. The highest BCUT2D eigenvalue weighted by molar-refractivity contribution is 5.96. The van der Waals surface area contributed by atoms with Gasteiger partial charge in [0.15, 0.2) is 0 Å². The minimum absolute atomic E-state index is 0.00660. The average Bonchev–Trinajstić information content (AvgIpc) is 2.38. The van der Waals surface area contributed by atoms with Crippen LogP contribution in [0.1, 0.15) is 35.7 Å². The van der Waals surface area contributed by atoms with E-state index < -0.39 is 4.92 Å². The van der Waals surface area contributed by atoms with Crippen LogP contribution in [0.4, 0.5) is 5.69 Å². The van der Waals surface area contributed by atoms with Gasteiger partial charge >= 0.3 is 0 Å². The number of benzene rings is 1. The molecule has 20 heavy (non-hydrogen) atoms. The van der Waals surface area contributed by atoms with Crippen LogP contribution in [0.15, 0.2) is 18.2 Å². The molecule has 2 rings (SSSR count). The van der Waals surface area contributed by atoms with Gasteiger partial charge in [-0.3, -0.25) is 14.9 Å². The quantitative estimate of drug-likeness (QED) is 0.651. The van der Waals surface area contributed by atoms with Gasteiger partial charge < -0.3 is 10.6 Å². The third-order valence-corrected chi connectivity index (χ3v) is 3.79. The molecule has 1 amide bonds. The summed E-state index contributed by atoms with van der Waals surface area (Å²) >= 11 is 0. The number of non-ortho nitro benzene ring substituents is 1. The molecule has 1 aromatic carbocycles. The maximum absolute atomic E-state index is 12.3. The number of hydrogen-bond donors (Lipinski definition) is 2. The standard InChI is InChI=1S/C14H19N3O3/c1-10-9-11(17(19)20)3-4-12(10)13(18)16-14(2)5-7-15-8-6-14/h3-4,9,15H,5-8H2,1-2H3,(H,16,18). The lowest BCUT2D eigenvalue weighted by molar-refractivity contribution is -0.384. The second-order valence-corrected chi connectivity index (χ2v) is 5.52. The van der Waals surface area contributed by atoms with Crippen molar-refractivity contribution in [3.8, 4) is 0 Å². The molecule has 0 radical (unpaired) electrons. The number of hydrogen-bond acceptors (Lipinski definition) is 4. The largest absolute Gasteiger partial charge is 0.347 e. The summed E-state index contributed by atoms with van der Waals surface area (Å²) in [6.07, 6.45) is 1.76. The summed E-state index contributed by atoms with van der Waals surface area (Å²) in [7, 11) is 0. The van der Waals surface area contributed by atoms with Gasteiger partial charge in [-0.05, 0) is 51.4 Å². The van der Waals surface area contributed by atoms with E-state index in [1.54, 1.807) is 6.92 Å². The molecular formula is C14H19N3O3. The van der Waals surface area contributed by atoms with Crippen molar-refractivity contribution in [1.29, 1.82) is 0 Å². The van der Waals surface area contributed by atoms with Crippen molar-refractivity contribution in [3.05, 3.63) is 39.4 Å². The summed E-state index contributed by atoms with van der Waals surface area (Å²) in [5.41, 5.74) is 0.910. The third-order valence-electron chi connectivity index (χ3n) is 3.79. The molecule has 0 atom stereocenters. The number of rotatable bonds is 3. The molecule has 108 valence electrons. The zero-order valence-corrected chi connectivity index (χ0v) is 11.7. The number of aryl methyl sites for hydroxylation is 1. The van der Waals surface area contributed by atoms with Gasteiger partial charge in [-0.25, -0.2) is 0 Å². The Labute approximate surface area is 117 Å². The van der Waals surface area contributed by atoms with Crippen LogP contribution in [0.25, 0.3) is 0 Å². The van der Waals surface area contributed by atoms with E-state index in [0.29, 0.717) is 11.1 Å². The Morgan fingerprint density at radius 2 is 2.05 bits per heavy atom. The zero-order valence-electron chi connectivity index (χ0n) is 11.7. The van der Waals surface area contributed by atoms with Crippen LogP contribution in [0, 0.1) is 17.0 Å². The van der Waals surface area contributed by atoms with Gasteiger partial charge in [0.2, 0.25) is 0 Å². The first kappa shape index (κ1) is 14.5. The molecule has 1 saturated heterocycles. The van der Waals surface area contributed by atoms with E-state index in [1.807, 2.05) is 6.92 Å². The molecule has 0 bridgehead atoms. The van der Waals surface area contributed by atoms with Gasteiger partial charge in [0.1, 0.15) is 0 Å². The molecule has 1 fully saturated rings. The first-order chi connectivity index (χ1) is 9.41. The molecule has 0 unspecified atom stereocenters. The van der Waals surface area contributed by atoms with Crippen LogP contribution in [0.2, 0.25) is 0 Å². The third kappa shape index (κ3) is 3.14. The van der Waals surface area contributed by atoms with Gasteiger partial charge in [0, 0.05) is 23.2 Å². The lowest BCUT2D eigenvalue weighted by Crippen LogP contribution is -2.52. The van der Waals surface area contributed by atoms with E-state index in [-0.39, 0.29) is 17.1 Å². The average molecular weight is 277 g/mol. The Hall–Kier alpha value is -1.95. The fraction of sp³-hybridized carbons (Fsp3) is 0.500. The van der Waals surface area contributed by atoms with E-state index >= 15 is 0 Å².